The van der Waals surface area contributed by atoms with Crippen LogP contribution in [0, 0.1) is 0 Å². The van der Waals surface area contributed by atoms with Crippen molar-refractivity contribution in [1.82, 2.24) is 9.80 Å². The van der Waals surface area contributed by atoms with E-state index in [-0.39, 0.29) is 50.1 Å². The number of amides is 2. The van der Waals surface area contributed by atoms with Crippen LogP contribution in [0.5, 0.6) is 11.5 Å². The Hall–Kier alpha value is -4.96. The van der Waals surface area contributed by atoms with Crippen LogP contribution >= 0.6 is 46.4 Å². The molecule has 8 rings (SSSR count). The average molecular weight is 1100 g/mol. The molecule has 4 aliphatic heterocycles. The van der Waals surface area contributed by atoms with Gasteiger partial charge in [0.05, 0.1) is 56.1 Å². The van der Waals surface area contributed by atoms with E-state index in [4.69, 9.17) is 65.4 Å². The van der Waals surface area contributed by atoms with Crippen LogP contribution in [-0.2, 0) is 41.5 Å². The second-order valence-electron chi connectivity index (χ2n) is 19.3. The lowest BCUT2D eigenvalue weighted by atomic mass is 10.0. The first kappa shape index (κ1) is 55.3. The van der Waals surface area contributed by atoms with Crippen molar-refractivity contribution < 1.29 is 38.1 Å². The number of nitrogens with zero attached hydrogens (tertiary/aromatic N) is 6. The van der Waals surface area contributed by atoms with E-state index in [1.54, 1.807) is 0 Å². The molecule has 0 aromatic heterocycles. The van der Waals surface area contributed by atoms with Crippen molar-refractivity contribution in [2.45, 2.75) is 89.9 Å². The van der Waals surface area contributed by atoms with E-state index in [2.05, 4.69) is 19.6 Å². The summed E-state index contributed by atoms with van der Waals surface area (Å²) < 4.78 is 23.4. The molecule has 0 N–H and O–H groups in total. The molecule has 0 aliphatic carbocycles. The van der Waals surface area contributed by atoms with Crippen LogP contribution in [0.4, 0.5) is 22.7 Å². The third-order valence-corrected chi connectivity index (χ3v) is 15.9. The third-order valence-electron chi connectivity index (χ3n) is 14.3. The highest BCUT2D eigenvalue weighted by molar-refractivity contribution is 6.44. The first-order valence-electron chi connectivity index (χ1n) is 26.3. The molecule has 2 saturated heterocycles. The van der Waals surface area contributed by atoms with Crippen molar-refractivity contribution in [3.63, 3.8) is 0 Å². The van der Waals surface area contributed by atoms with Gasteiger partial charge in [0.2, 0.25) is 11.8 Å². The molecule has 4 aromatic carbocycles. The largest absolute Gasteiger partial charge is 0.494 e. The Morgan fingerprint density at radius 2 is 0.878 bits per heavy atom. The second-order valence-corrected chi connectivity index (χ2v) is 20.9. The smallest absolute Gasteiger partial charge is 0.307 e. The lowest BCUT2D eigenvalue weighted by molar-refractivity contribution is -0.145. The van der Waals surface area contributed by atoms with E-state index in [1.807, 2.05) is 72.8 Å². The predicted octanol–water partition coefficient (Wildman–Crippen LogP) is 10.9. The molecule has 0 bridgehead atoms. The normalized spacial score (nSPS) is 16.3. The standard InChI is InChI=1S/C56H68Cl4N6O8/c57-45-11-9-13-47(55(45)59)63-31-27-61(28-32-63)25-5-7-35-71-43-21-17-41-19-23-51(67)65(49(41)37-43)39-73-53(69)15-3-1-2-4-16-54(70)74-40-66-50-38-44(22-18-42(50)20-24-52(66)68)72-36-8-6-26-62-29-33-64(34-30-62)48-14-10-12-46(58)56(48)60/h9-14,17-18,21-22,37-38H,1-8,15-16,19-20,23-36,39-40H2. The lowest BCUT2D eigenvalue weighted by Gasteiger charge is -2.36. The molecule has 18 heteroatoms. The number of halogens is 4. The number of anilines is 4. The van der Waals surface area contributed by atoms with Crippen molar-refractivity contribution in [2.75, 3.05) is 112 Å². The number of carbonyl (C=O) groups is 4. The fourth-order valence-electron chi connectivity index (χ4n) is 9.96. The molecule has 4 aromatic rings. The highest BCUT2D eigenvalue weighted by atomic mass is 35.5. The lowest BCUT2D eigenvalue weighted by Crippen LogP contribution is -2.46. The Labute approximate surface area is 455 Å². The van der Waals surface area contributed by atoms with Gasteiger partial charge in [-0.3, -0.25) is 38.8 Å². The number of fused-ring (bicyclic) bond motifs is 2. The Balaban J connectivity index is 0.667. The number of piperazine rings is 2. The summed E-state index contributed by atoms with van der Waals surface area (Å²) in [6.07, 6.45) is 8.75. The molecule has 2 amide bonds. The molecule has 4 aliphatic rings. The van der Waals surface area contributed by atoms with Gasteiger partial charge in [-0.2, -0.15) is 0 Å². The Morgan fingerprint density at radius 3 is 1.30 bits per heavy atom. The Kier molecular flexibility index (Phi) is 20.7. The summed E-state index contributed by atoms with van der Waals surface area (Å²) in [5, 5.41) is 2.36. The molecular formula is C56H68Cl4N6O8. The van der Waals surface area contributed by atoms with Gasteiger partial charge in [0.15, 0.2) is 13.5 Å². The third kappa shape index (κ3) is 15.3. The topological polar surface area (TPSA) is 125 Å². The van der Waals surface area contributed by atoms with Gasteiger partial charge in [-0.05, 0) is 112 Å². The molecular weight excluding hydrogens is 1030 g/mol. The SMILES string of the molecule is O=C(CCCCCCC(=O)OCN1C(=O)CCc2ccc(OCCCCN3CCN(c4cccc(Cl)c4Cl)CC3)cc21)OCN1C(=O)CCc2ccc(OCCCCN3CCN(c4cccc(Cl)c4Cl)CC3)cc21. The molecule has 0 radical (unpaired) electrons. The summed E-state index contributed by atoms with van der Waals surface area (Å²) in [7, 11) is 0. The monoisotopic (exact) mass is 1090 g/mol. The maximum atomic E-state index is 13.0. The molecule has 0 atom stereocenters. The highest BCUT2D eigenvalue weighted by Gasteiger charge is 2.28. The summed E-state index contributed by atoms with van der Waals surface area (Å²) in [6.45, 7) is 10.2. The van der Waals surface area contributed by atoms with Gasteiger partial charge in [0, 0.05) is 90.2 Å². The molecule has 14 nitrogen and oxygen atoms in total. The van der Waals surface area contributed by atoms with E-state index < -0.39 is 0 Å². The van der Waals surface area contributed by atoms with Crippen LogP contribution in [0.15, 0.2) is 72.8 Å². The predicted molar refractivity (Wildman–Crippen MR) is 294 cm³/mol. The van der Waals surface area contributed by atoms with Gasteiger partial charge >= 0.3 is 11.9 Å². The minimum absolute atomic E-state index is 0.0961. The van der Waals surface area contributed by atoms with Crippen molar-refractivity contribution >= 4 is 92.9 Å². The number of esters is 2. The molecule has 398 valence electrons. The number of unbranched alkanes of at least 4 members (excludes halogenated alkanes) is 5. The molecule has 0 unspecified atom stereocenters. The van der Waals surface area contributed by atoms with Crippen molar-refractivity contribution in [3.05, 3.63) is 104 Å². The van der Waals surface area contributed by atoms with Crippen LogP contribution in [0.25, 0.3) is 0 Å². The van der Waals surface area contributed by atoms with Crippen LogP contribution in [0.3, 0.4) is 0 Å². The molecule has 2 fully saturated rings. The van der Waals surface area contributed by atoms with E-state index in [9.17, 15) is 19.2 Å². The quantitative estimate of drug-likeness (QED) is 0.0463. The summed E-state index contributed by atoms with van der Waals surface area (Å²) >= 11 is 25.4. The van der Waals surface area contributed by atoms with Crippen LogP contribution in [0.2, 0.25) is 20.1 Å². The van der Waals surface area contributed by atoms with Crippen LogP contribution in [0.1, 0.15) is 88.2 Å². The number of aryl methyl sites for hydroxylation is 2. The average Bonchev–Trinajstić information content (AvgIpc) is 3.41. The van der Waals surface area contributed by atoms with Crippen molar-refractivity contribution in [1.29, 1.82) is 0 Å². The summed E-state index contributed by atoms with van der Waals surface area (Å²) in [6, 6.07) is 23.1. The van der Waals surface area contributed by atoms with Gasteiger partial charge in [-0.1, -0.05) is 83.5 Å². The molecule has 0 spiro atoms. The Morgan fingerprint density at radius 1 is 0.459 bits per heavy atom. The van der Waals surface area contributed by atoms with Crippen molar-refractivity contribution in [3.8, 4) is 11.5 Å². The first-order valence-corrected chi connectivity index (χ1v) is 27.8. The number of hydrogen-bond acceptors (Lipinski definition) is 12. The van der Waals surface area contributed by atoms with E-state index in [0.29, 0.717) is 94.7 Å². The van der Waals surface area contributed by atoms with E-state index in [1.165, 1.54) is 9.80 Å². The number of benzene rings is 4. The minimum atomic E-state index is -0.380. The van der Waals surface area contributed by atoms with E-state index >= 15 is 0 Å². The zero-order valence-electron chi connectivity index (χ0n) is 42.2. The number of carbonyl (C=O) groups excluding carboxylic acids is 4. The van der Waals surface area contributed by atoms with Gasteiger partial charge in [-0.15, -0.1) is 0 Å². The van der Waals surface area contributed by atoms with Crippen LogP contribution in [-0.4, -0.2) is 126 Å². The van der Waals surface area contributed by atoms with Gasteiger partial charge < -0.3 is 28.7 Å². The minimum Gasteiger partial charge on any atom is -0.494 e. The van der Waals surface area contributed by atoms with Crippen LogP contribution < -0.4 is 29.1 Å². The zero-order valence-corrected chi connectivity index (χ0v) is 45.2. The first-order chi connectivity index (χ1) is 36.0. The fourth-order valence-corrected chi connectivity index (χ4v) is 10.8. The van der Waals surface area contributed by atoms with Crippen molar-refractivity contribution in [2.24, 2.45) is 0 Å². The zero-order chi connectivity index (χ0) is 51.8. The molecule has 0 saturated carbocycles. The van der Waals surface area contributed by atoms with Gasteiger partial charge in [0.1, 0.15) is 11.5 Å². The summed E-state index contributed by atoms with van der Waals surface area (Å²) in [5.74, 6) is 0.404. The Bertz CT molecular complexity index is 2380. The summed E-state index contributed by atoms with van der Waals surface area (Å²) in [4.78, 5) is 64.1. The fraction of sp³-hybridized carbons (Fsp3) is 0.500. The maximum Gasteiger partial charge on any atom is 0.307 e. The highest BCUT2D eigenvalue weighted by Crippen LogP contribution is 2.36. The van der Waals surface area contributed by atoms with Gasteiger partial charge in [-0.25, -0.2) is 0 Å². The molecule has 4 heterocycles. The van der Waals surface area contributed by atoms with Gasteiger partial charge in [0.25, 0.3) is 0 Å². The molecule has 74 heavy (non-hydrogen) atoms. The second kappa shape index (κ2) is 27.7. The summed E-state index contributed by atoms with van der Waals surface area (Å²) in [5.41, 5.74) is 5.42. The maximum absolute atomic E-state index is 13.0. The van der Waals surface area contributed by atoms with E-state index in [0.717, 1.165) is 126 Å². The number of ether oxygens (including phenoxy) is 4. The number of rotatable bonds is 25. The number of hydrogen-bond donors (Lipinski definition) is 0.